The third kappa shape index (κ3) is 4.06. The van der Waals surface area contributed by atoms with Crippen molar-refractivity contribution < 1.29 is 13.3 Å². The van der Waals surface area contributed by atoms with Crippen LogP contribution in [0.1, 0.15) is 31.2 Å². The van der Waals surface area contributed by atoms with E-state index in [1.54, 1.807) is 12.1 Å². The maximum atomic E-state index is 13.2. The summed E-state index contributed by atoms with van der Waals surface area (Å²) >= 11 is 5.91. The number of rotatable bonds is 6. The molecule has 1 saturated carbocycles. The zero-order valence-electron chi connectivity index (χ0n) is 14.0. The minimum atomic E-state index is -3.76. The van der Waals surface area contributed by atoms with E-state index < -0.39 is 14.9 Å². The molecular weight excluding hydrogens is 376 g/mol. The van der Waals surface area contributed by atoms with E-state index in [-0.39, 0.29) is 23.2 Å². The van der Waals surface area contributed by atoms with Crippen molar-refractivity contribution in [2.24, 2.45) is 0 Å². The van der Waals surface area contributed by atoms with E-state index in [9.17, 15) is 18.5 Å². The number of nitrogens with zero attached hydrogens (tertiary/aromatic N) is 2. The van der Waals surface area contributed by atoms with Gasteiger partial charge in [0.15, 0.2) is 0 Å². The standard InChI is InChI=1S/C18H19ClN2O4S/c19-15-7-5-14(6-8-15)13-20(16-3-1-2-4-16)26(24,25)18-11-9-17(10-12-18)21(22)23/h5-12,16H,1-4,13H2. The fourth-order valence-corrected chi connectivity index (χ4v) is 5.05. The molecule has 1 aliphatic carbocycles. The zero-order valence-corrected chi connectivity index (χ0v) is 15.6. The van der Waals surface area contributed by atoms with Gasteiger partial charge < -0.3 is 0 Å². The van der Waals surface area contributed by atoms with Crippen LogP contribution in [0.25, 0.3) is 0 Å². The van der Waals surface area contributed by atoms with Gasteiger partial charge in [-0.25, -0.2) is 8.42 Å². The van der Waals surface area contributed by atoms with Crippen LogP contribution in [-0.2, 0) is 16.6 Å². The van der Waals surface area contributed by atoms with Gasteiger partial charge in [0.2, 0.25) is 10.0 Å². The minimum absolute atomic E-state index is 0.0640. The Labute approximate surface area is 157 Å². The largest absolute Gasteiger partial charge is 0.269 e. The number of nitro groups is 1. The Morgan fingerprint density at radius 3 is 2.15 bits per heavy atom. The van der Waals surface area contributed by atoms with Gasteiger partial charge in [0, 0.05) is 29.7 Å². The van der Waals surface area contributed by atoms with Crippen molar-refractivity contribution in [1.82, 2.24) is 4.31 Å². The van der Waals surface area contributed by atoms with Crippen LogP contribution in [0.15, 0.2) is 53.4 Å². The average Bonchev–Trinajstić information content (AvgIpc) is 3.15. The maximum Gasteiger partial charge on any atom is 0.269 e. The molecule has 0 amide bonds. The van der Waals surface area contributed by atoms with Crippen molar-refractivity contribution in [2.75, 3.05) is 0 Å². The number of non-ortho nitro benzene ring substituents is 1. The molecule has 138 valence electrons. The molecule has 0 aromatic heterocycles. The quantitative estimate of drug-likeness (QED) is 0.537. The van der Waals surface area contributed by atoms with Crippen molar-refractivity contribution in [1.29, 1.82) is 0 Å². The van der Waals surface area contributed by atoms with Gasteiger partial charge >= 0.3 is 0 Å². The topological polar surface area (TPSA) is 80.5 Å². The van der Waals surface area contributed by atoms with E-state index in [2.05, 4.69) is 0 Å². The van der Waals surface area contributed by atoms with Crippen molar-refractivity contribution in [3.63, 3.8) is 0 Å². The van der Waals surface area contributed by atoms with Crippen molar-refractivity contribution >= 4 is 27.3 Å². The zero-order chi connectivity index (χ0) is 18.7. The van der Waals surface area contributed by atoms with E-state index in [4.69, 9.17) is 11.6 Å². The van der Waals surface area contributed by atoms with Crippen LogP contribution >= 0.6 is 11.6 Å². The second-order valence-corrected chi connectivity index (χ2v) is 8.69. The minimum Gasteiger partial charge on any atom is -0.258 e. The summed E-state index contributed by atoms with van der Waals surface area (Å²) in [6, 6.07) is 12.1. The predicted octanol–water partition coefficient (Wildman–Crippen LogP) is 4.38. The number of sulfonamides is 1. The molecule has 2 aromatic rings. The Morgan fingerprint density at radius 2 is 1.62 bits per heavy atom. The Morgan fingerprint density at radius 1 is 1.04 bits per heavy atom. The molecule has 26 heavy (non-hydrogen) atoms. The highest BCUT2D eigenvalue weighted by Gasteiger charge is 2.33. The first-order valence-electron chi connectivity index (χ1n) is 8.38. The van der Waals surface area contributed by atoms with E-state index in [0.717, 1.165) is 31.2 Å². The summed E-state index contributed by atoms with van der Waals surface area (Å²) in [7, 11) is -3.76. The first-order valence-corrected chi connectivity index (χ1v) is 10.2. The number of benzene rings is 2. The smallest absolute Gasteiger partial charge is 0.258 e. The molecule has 0 bridgehead atoms. The lowest BCUT2D eigenvalue weighted by Crippen LogP contribution is -2.38. The molecule has 2 aromatic carbocycles. The lowest BCUT2D eigenvalue weighted by molar-refractivity contribution is -0.384. The van der Waals surface area contributed by atoms with Gasteiger partial charge in [0.25, 0.3) is 5.69 Å². The first kappa shape index (κ1) is 18.8. The monoisotopic (exact) mass is 394 g/mol. The Bertz CT molecular complexity index is 876. The number of hydrogen-bond donors (Lipinski definition) is 0. The summed E-state index contributed by atoms with van der Waals surface area (Å²) in [5.74, 6) is 0. The molecule has 0 atom stereocenters. The molecule has 0 saturated heterocycles. The number of halogens is 1. The van der Waals surface area contributed by atoms with Gasteiger partial charge in [-0.1, -0.05) is 36.6 Å². The molecule has 8 heteroatoms. The summed E-state index contributed by atoms with van der Waals surface area (Å²) in [4.78, 5) is 10.3. The second-order valence-electron chi connectivity index (χ2n) is 6.37. The van der Waals surface area contributed by atoms with E-state index in [1.165, 1.54) is 28.6 Å². The molecule has 1 aliphatic rings. The van der Waals surface area contributed by atoms with Crippen LogP contribution in [-0.4, -0.2) is 23.7 Å². The highest BCUT2D eigenvalue weighted by molar-refractivity contribution is 7.89. The van der Waals surface area contributed by atoms with Crippen LogP contribution in [0, 0.1) is 10.1 Å². The summed E-state index contributed by atoms with van der Waals surface area (Å²) in [6.07, 6.45) is 3.63. The van der Waals surface area contributed by atoms with Crippen LogP contribution < -0.4 is 0 Å². The molecule has 1 fully saturated rings. The van der Waals surface area contributed by atoms with E-state index in [1.807, 2.05) is 12.1 Å². The Hall–Kier alpha value is -1.96. The van der Waals surface area contributed by atoms with Gasteiger partial charge in [0.1, 0.15) is 0 Å². The molecule has 0 aliphatic heterocycles. The number of hydrogen-bond acceptors (Lipinski definition) is 4. The molecule has 3 rings (SSSR count). The maximum absolute atomic E-state index is 13.2. The van der Waals surface area contributed by atoms with Crippen LogP contribution in [0.3, 0.4) is 0 Å². The highest BCUT2D eigenvalue weighted by atomic mass is 35.5. The average molecular weight is 395 g/mol. The lowest BCUT2D eigenvalue weighted by Gasteiger charge is -2.28. The van der Waals surface area contributed by atoms with Gasteiger partial charge in [-0.2, -0.15) is 4.31 Å². The Kier molecular flexibility index (Phi) is 5.60. The second kappa shape index (κ2) is 7.73. The fraction of sp³-hybridized carbons (Fsp3) is 0.333. The summed E-state index contributed by atoms with van der Waals surface area (Å²) in [6.45, 7) is 0.251. The van der Waals surface area contributed by atoms with Crippen LogP contribution in [0.4, 0.5) is 5.69 Å². The first-order chi connectivity index (χ1) is 12.4. The van der Waals surface area contributed by atoms with Crippen molar-refractivity contribution in [3.05, 3.63) is 69.2 Å². The Balaban J connectivity index is 1.93. The highest BCUT2D eigenvalue weighted by Crippen LogP contribution is 2.31. The normalized spacial score (nSPS) is 15.5. The summed E-state index contributed by atoms with van der Waals surface area (Å²) in [5, 5.41) is 11.4. The molecule has 0 unspecified atom stereocenters. The summed E-state index contributed by atoms with van der Waals surface area (Å²) < 4.78 is 27.9. The SMILES string of the molecule is O=[N+]([O-])c1ccc(S(=O)(=O)N(Cc2ccc(Cl)cc2)C2CCCC2)cc1. The third-order valence-electron chi connectivity index (χ3n) is 4.64. The lowest BCUT2D eigenvalue weighted by atomic mass is 10.2. The molecule has 0 heterocycles. The third-order valence-corrected chi connectivity index (χ3v) is 6.80. The van der Waals surface area contributed by atoms with Crippen molar-refractivity contribution in [3.8, 4) is 0 Å². The van der Waals surface area contributed by atoms with E-state index >= 15 is 0 Å². The van der Waals surface area contributed by atoms with E-state index in [0.29, 0.717) is 5.02 Å². The van der Waals surface area contributed by atoms with Crippen molar-refractivity contribution in [2.45, 2.75) is 43.2 Å². The molecule has 0 N–H and O–H groups in total. The van der Waals surface area contributed by atoms with Gasteiger partial charge in [0.05, 0.1) is 9.82 Å². The van der Waals surface area contributed by atoms with Crippen LogP contribution in [0.5, 0.6) is 0 Å². The fourth-order valence-electron chi connectivity index (χ4n) is 3.25. The summed E-state index contributed by atoms with van der Waals surface area (Å²) in [5.41, 5.74) is 0.723. The van der Waals surface area contributed by atoms with Gasteiger partial charge in [-0.3, -0.25) is 10.1 Å². The molecule has 0 radical (unpaired) electrons. The predicted molar refractivity (Wildman–Crippen MR) is 99.5 cm³/mol. The van der Waals surface area contributed by atoms with Gasteiger partial charge in [-0.05, 0) is 42.7 Å². The molecular formula is C18H19ClN2O4S. The van der Waals surface area contributed by atoms with Crippen LogP contribution in [0.2, 0.25) is 5.02 Å². The van der Waals surface area contributed by atoms with Gasteiger partial charge in [-0.15, -0.1) is 0 Å². The molecule has 0 spiro atoms. The molecule has 6 nitrogen and oxygen atoms in total. The number of nitro benzene ring substituents is 1.